The summed E-state index contributed by atoms with van der Waals surface area (Å²) in [6.45, 7) is 0. The lowest BCUT2D eigenvalue weighted by molar-refractivity contribution is 0.154. The molecule has 0 unspecified atom stereocenters. The van der Waals surface area contributed by atoms with Gasteiger partial charge < -0.3 is 19.8 Å². The third-order valence-electron chi connectivity index (χ3n) is 4.92. The molecule has 2 N–H and O–H groups in total. The lowest BCUT2D eigenvalue weighted by Crippen LogP contribution is -2.20. The molecule has 0 bridgehead atoms. The first-order chi connectivity index (χ1) is 14.7. The number of hydrogen-bond donors (Lipinski definition) is 2. The van der Waals surface area contributed by atoms with Crippen molar-refractivity contribution in [2.75, 3.05) is 17.7 Å². The molecule has 0 atom stereocenters. The zero-order valence-corrected chi connectivity index (χ0v) is 17.2. The van der Waals surface area contributed by atoms with Crippen LogP contribution in [0.15, 0.2) is 35.0 Å². The van der Waals surface area contributed by atoms with E-state index in [2.05, 4.69) is 31.7 Å². The molecule has 1 fully saturated rings. The quantitative estimate of drug-likeness (QED) is 0.558. The zero-order valence-electron chi connectivity index (χ0n) is 16.5. The Bertz CT molecular complexity index is 1070. The third-order valence-corrected chi connectivity index (χ3v) is 5.13. The van der Waals surface area contributed by atoms with Crippen molar-refractivity contribution in [2.24, 2.45) is 0 Å². The summed E-state index contributed by atoms with van der Waals surface area (Å²) in [5.74, 6) is 2.00. The van der Waals surface area contributed by atoms with E-state index in [0.717, 1.165) is 25.7 Å². The molecular weight excluding hydrogens is 404 g/mol. The Morgan fingerprint density at radius 3 is 2.73 bits per heavy atom. The van der Waals surface area contributed by atoms with Gasteiger partial charge in [-0.05, 0) is 49.4 Å². The van der Waals surface area contributed by atoms with Gasteiger partial charge in [0.2, 0.25) is 5.95 Å². The topological polar surface area (TPSA) is 109 Å². The number of nitrogens with one attached hydrogen (secondary N) is 2. The molecule has 0 saturated heterocycles. The van der Waals surface area contributed by atoms with Crippen molar-refractivity contribution in [1.82, 2.24) is 15.0 Å². The van der Waals surface area contributed by atoms with Gasteiger partial charge in [0, 0.05) is 19.3 Å². The summed E-state index contributed by atoms with van der Waals surface area (Å²) in [6.07, 6.45) is 8.84. The van der Waals surface area contributed by atoms with Gasteiger partial charge >= 0.3 is 0 Å². The molecule has 3 aromatic rings. The van der Waals surface area contributed by atoms with Gasteiger partial charge in [0.05, 0.1) is 23.6 Å². The predicted molar refractivity (Wildman–Crippen MR) is 114 cm³/mol. The first kappa shape index (κ1) is 20.0. The Labute approximate surface area is 179 Å². The predicted octanol–water partition coefficient (Wildman–Crippen LogP) is 5.15. The minimum Gasteiger partial charge on any atom is -0.487 e. The average Bonchev–Trinajstić information content (AvgIpc) is 3.20. The summed E-state index contributed by atoms with van der Waals surface area (Å²) in [5.41, 5.74) is 1.60. The number of halogens is 1. The second kappa shape index (κ2) is 9.01. The van der Waals surface area contributed by atoms with Crippen LogP contribution in [0.1, 0.15) is 37.8 Å². The van der Waals surface area contributed by atoms with Gasteiger partial charge in [-0.1, -0.05) is 6.42 Å². The first-order valence-electron chi connectivity index (χ1n) is 9.80. The van der Waals surface area contributed by atoms with Crippen molar-refractivity contribution in [3.8, 4) is 23.1 Å². The summed E-state index contributed by atoms with van der Waals surface area (Å²) < 4.78 is 11.5. The second-order valence-electron chi connectivity index (χ2n) is 7.00. The number of aromatic nitrogens is 3. The molecule has 3 aromatic heterocycles. The number of hydrogen-bond acceptors (Lipinski definition) is 8. The van der Waals surface area contributed by atoms with Crippen LogP contribution in [0.4, 0.5) is 17.5 Å². The van der Waals surface area contributed by atoms with Gasteiger partial charge in [0.15, 0.2) is 16.7 Å². The van der Waals surface area contributed by atoms with Crippen molar-refractivity contribution >= 4 is 29.1 Å². The lowest BCUT2D eigenvalue weighted by atomic mass is 9.98. The van der Waals surface area contributed by atoms with Crippen molar-refractivity contribution in [2.45, 2.75) is 38.2 Å². The largest absolute Gasteiger partial charge is 0.487 e. The van der Waals surface area contributed by atoms with E-state index in [1.54, 1.807) is 37.6 Å². The van der Waals surface area contributed by atoms with E-state index in [-0.39, 0.29) is 11.8 Å². The highest BCUT2D eigenvalue weighted by Crippen LogP contribution is 2.31. The summed E-state index contributed by atoms with van der Waals surface area (Å²) in [4.78, 5) is 13.1. The van der Waals surface area contributed by atoms with Crippen LogP contribution in [0.25, 0.3) is 11.3 Å². The van der Waals surface area contributed by atoms with Gasteiger partial charge in [-0.15, -0.1) is 0 Å². The van der Waals surface area contributed by atoms with Crippen LogP contribution in [0, 0.1) is 11.3 Å². The van der Waals surface area contributed by atoms with Crippen LogP contribution >= 0.6 is 11.6 Å². The average molecular weight is 425 g/mol. The number of rotatable bonds is 6. The normalized spacial score (nSPS) is 14.2. The molecular formula is C21H21ClN6O2. The number of ether oxygens (including phenoxy) is 1. The maximum atomic E-state index is 9.37. The van der Waals surface area contributed by atoms with Gasteiger partial charge in [0.1, 0.15) is 17.6 Å². The Hall–Kier alpha value is -3.31. The molecule has 1 saturated carbocycles. The monoisotopic (exact) mass is 424 g/mol. The Morgan fingerprint density at radius 2 is 2.03 bits per heavy atom. The van der Waals surface area contributed by atoms with E-state index < -0.39 is 0 Å². The molecule has 0 amide bonds. The van der Waals surface area contributed by atoms with Crippen molar-refractivity contribution in [1.29, 1.82) is 5.26 Å². The second-order valence-corrected chi connectivity index (χ2v) is 7.37. The fourth-order valence-corrected chi connectivity index (χ4v) is 3.60. The van der Waals surface area contributed by atoms with E-state index in [1.165, 1.54) is 6.42 Å². The molecule has 30 heavy (non-hydrogen) atoms. The minimum atomic E-state index is 0.120. The number of nitriles is 1. The summed E-state index contributed by atoms with van der Waals surface area (Å²) in [6, 6.07) is 7.29. The maximum Gasteiger partial charge on any atom is 0.229 e. The smallest absolute Gasteiger partial charge is 0.229 e. The summed E-state index contributed by atoms with van der Waals surface area (Å²) in [5, 5.41) is 15.8. The lowest BCUT2D eigenvalue weighted by Gasteiger charge is -2.23. The minimum absolute atomic E-state index is 0.120. The number of pyridine rings is 1. The zero-order chi connectivity index (χ0) is 20.9. The van der Waals surface area contributed by atoms with Gasteiger partial charge in [-0.2, -0.15) is 10.2 Å². The summed E-state index contributed by atoms with van der Waals surface area (Å²) >= 11 is 5.87. The molecule has 0 aliphatic heterocycles. The highest BCUT2D eigenvalue weighted by molar-refractivity contribution is 6.29. The summed E-state index contributed by atoms with van der Waals surface area (Å²) in [7, 11) is 1.76. The van der Waals surface area contributed by atoms with E-state index >= 15 is 0 Å². The first-order valence-corrected chi connectivity index (χ1v) is 10.2. The van der Waals surface area contributed by atoms with Crippen molar-refractivity contribution in [3.05, 3.63) is 41.5 Å². The van der Waals surface area contributed by atoms with Crippen LogP contribution < -0.4 is 15.4 Å². The Kier molecular flexibility index (Phi) is 6.00. The van der Waals surface area contributed by atoms with Crippen molar-refractivity contribution in [3.63, 3.8) is 0 Å². The SMILES string of the molecule is CNc1nc(Nc2cnc(C#N)c(OC3CCCCC3)c2)ncc1-c1ccc(Cl)o1. The number of nitrogens with zero attached hydrogens (tertiary/aromatic N) is 4. The van der Waals surface area contributed by atoms with Gasteiger partial charge in [-0.3, -0.25) is 0 Å². The standard InChI is InChI=1S/C21H21ClN6O2/c1-24-20-15(17-7-8-19(22)30-17)12-26-21(28-20)27-13-9-18(16(10-23)25-11-13)29-14-5-3-2-4-6-14/h7-9,11-12,14H,2-6H2,1H3,(H2,24,26,27,28). The molecule has 4 rings (SSSR count). The highest BCUT2D eigenvalue weighted by atomic mass is 35.5. The molecule has 3 heterocycles. The van der Waals surface area contributed by atoms with E-state index in [1.807, 2.05) is 0 Å². The van der Waals surface area contributed by atoms with Crippen LogP contribution in [0.2, 0.25) is 5.22 Å². The highest BCUT2D eigenvalue weighted by Gasteiger charge is 2.18. The maximum absolute atomic E-state index is 9.37. The van der Waals surface area contributed by atoms with E-state index in [0.29, 0.717) is 39.7 Å². The molecule has 0 spiro atoms. The van der Waals surface area contributed by atoms with Crippen LogP contribution in [-0.2, 0) is 0 Å². The Balaban J connectivity index is 1.56. The fraction of sp³-hybridized carbons (Fsp3) is 0.333. The molecule has 8 nitrogen and oxygen atoms in total. The van der Waals surface area contributed by atoms with Crippen molar-refractivity contribution < 1.29 is 9.15 Å². The van der Waals surface area contributed by atoms with Crippen LogP contribution in [-0.4, -0.2) is 28.1 Å². The van der Waals surface area contributed by atoms with E-state index in [9.17, 15) is 5.26 Å². The third kappa shape index (κ3) is 4.47. The number of furan rings is 1. The van der Waals surface area contributed by atoms with Crippen LogP contribution in [0.3, 0.4) is 0 Å². The molecule has 0 radical (unpaired) electrons. The van der Waals surface area contributed by atoms with Crippen LogP contribution in [0.5, 0.6) is 5.75 Å². The Morgan fingerprint density at radius 1 is 1.20 bits per heavy atom. The number of anilines is 3. The fourth-order valence-electron chi connectivity index (χ4n) is 3.45. The molecule has 0 aromatic carbocycles. The molecule has 9 heteroatoms. The molecule has 154 valence electrons. The van der Waals surface area contributed by atoms with E-state index in [4.69, 9.17) is 20.8 Å². The molecule has 1 aliphatic carbocycles. The van der Waals surface area contributed by atoms with Gasteiger partial charge in [0.25, 0.3) is 0 Å². The van der Waals surface area contributed by atoms with Gasteiger partial charge in [-0.25, -0.2) is 9.97 Å². The molecule has 1 aliphatic rings.